The van der Waals surface area contributed by atoms with Crippen LogP contribution in [0.15, 0.2) is 58.3 Å². The molecule has 0 aliphatic carbocycles. The third-order valence-electron chi connectivity index (χ3n) is 5.97. The molecule has 0 saturated carbocycles. The summed E-state index contributed by atoms with van der Waals surface area (Å²) in [6, 6.07) is 13.6. The van der Waals surface area contributed by atoms with Crippen LogP contribution in [-0.4, -0.2) is 39.4 Å². The van der Waals surface area contributed by atoms with Crippen molar-refractivity contribution in [2.75, 3.05) is 13.1 Å². The van der Waals surface area contributed by atoms with Crippen LogP contribution < -0.4 is 0 Å². The molecule has 2 aromatic rings. The second kappa shape index (κ2) is 5.18. The van der Waals surface area contributed by atoms with Crippen molar-refractivity contribution in [2.45, 2.75) is 39.2 Å². The van der Waals surface area contributed by atoms with E-state index in [1.807, 2.05) is 0 Å². The Morgan fingerprint density at radius 1 is 0.731 bits per heavy atom. The first-order chi connectivity index (χ1) is 12.4. The first kappa shape index (κ1) is 16.5. The summed E-state index contributed by atoms with van der Waals surface area (Å²) in [6.45, 7) is 1.40. The minimum Gasteiger partial charge on any atom is -0.288 e. The standard InChI is InChI=1S/C19H19NO4S2/c21-25(22)16-10-4-2-8-14(16)19(20-12-6-1-7-13-20)15-9-3-5-11-17(15)26(23,24)18(19)25/h2-5,8-11,18H,1,6-7,12-13H2. The highest BCUT2D eigenvalue weighted by Gasteiger charge is 2.70. The molecule has 0 amide bonds. The van der Waals surface area contributed by atoms with Crippen molar-refractivity contribution in [1.82, 2.24) is 4.90 Å². The number of benzene rings is 2. The summed E-state index contributed by atoms with van der Waals surface area (Å²) in [6.07, 6.45) is 2.97. The van der Waals surface area contributed by atoms with Gasteiger partial charge in [-0.3, -0.25) is 4.90 Å². The van der Waals surface area contributed by atoms with Gasteiger partial charge < -0.3 is 0 Å². The number of likely N-dealkylation sites (tertiary alicyclic amines) is 1. The van der Waals surface area contributed by atoms with Gasteiger partial charge in [-0.05, 0) is 49.2 Å². The van der Waals surface area contributed by atoms with Gasteiger partial charge in [0.2, 0.25) is 0 Å². The van der Waals surface area contributed by atoms with Crippen molar-refractivity contribution in [3.8, 4) is 0 Å². The molecule has 3 aliphatic heterocycles. The van der Waals surface area contributed by atoms with Crippen LogP contribution in [0.5, 0.6) is 0 Å². The van der Waals surface area contributed by atoms with E-state index in [2.05, 4.69) is 4.90 Å². The zero-order valence-corrected chi connectivity index (χ0v) is 15.8. The Labute approximate surface area is 153 Å². The molecule has 1 saturated heterocycles. The van der Waals surface area contributed by atoms with Gasteiger partial charge in [-0.25, -0.2) is 16.8 Å². The molecule has 5 rings (SSSR count). The van der Waals surface area contributed by atoms with Crippen LogP contribution >= 0.6 is 0 Å². The van der Waals surface area contributed by atoms with E-state index in [-0.39, 0.29) is 9.79 Å². The normalized spacial score (nSPS) is 31.2. The fraction of sp³-hybridized carbons (Fsp3) is 0.368. The minimum atomic E-state index is -4.00. The molecule has 3 aliphatic rings. The van der Waals surface area contributed by atoms with E-state index in [1.165, 1.54) is 0 Å². The lowest BCUT2D eigenvalue weighted by molar-refractivity contribution is 0.110. The Morgan fingerprint density at radius 3 is 1.69 bits per heavy atom. The molecule has 0 aromatic heterocycles. The van der Waals surface area contributed by atoms with Crippen molar-refractivity contribution in [3.63, 3.8) is 0 Å². The van der Waals surface area contributed by atoms with Crippen molar-refractivity contribution < 1.29 is 16.8 Å². The van der Waals surface area contributed by atoms with Crippen LogP contribution in [0.1, 0.15) is 30.4 Å². The van der Waals surface area contributed by atoms with Gasteiger partial charge in [0.05, 0.1) is 9.79 Å². The molecule has 0 spiro atoms. The fourth-order valence-corrected chi connectivity index (χ4v) is 10.8. The topological polar surface area (TPSA) is 71.5 Å². The van der Waals surface area contributed by atoms with Crippen LogP contribution in [0.4, 0.5) is 0 Å². The number of sulfone groups is 2. The molecule has 26 heavy (non-hydrogen) atoms. The van der Waals surface area contributed by atoms with Crippen LogP contribution in [-0.2, 0) is 25.2 Å². The lowest BCUT2D eigenvalue weighted by Crippen LogP contribution is -2.54. The quantitative estimate of drug-likeness (QED) is 0.749. The number of piperidine rings is 1. The summed E-state index contributed by atoms with van der Waals surface area (Å²) in [7, 11) is -7.99. The third-order valence-corrected chi connectivity index (χ3v) is 11.2. The number of rotatable bonds is 1. The van der Waals surface area contributed by atoms with Crippen molar-refractivity contribution in [1.29, 1.82) is 0 Å². The van der Waals surface area contributed by atoms with Crippen LogP contribution in [0.25, 0.3) is 0 Å². The van der Waals surface area contributed by atoms with E-state index in [1.54, 1.807) is 48.5 Å². The molecule has 0 radical (unpaired) electrons. The molecular weight excluding hydrogens is 370 g/mol. The first-order valence-electron chi connectivity index (χ1n) is 8.85. The average Bonchev–Trinajstić information content (AvgIpc) is 3.01. The lowest BCUT2D eigenvalue weighted by atomic mass is 9.81. The zero-order valence-electron chi connectivity index (χ0n) is 14.1. The highest BCUT2D eigenvalue weighted by atomic mass is 32.3. The Hall–Kier alpha value is -1.70. The lowest BCUT2D eigenvalue weighted by Gasteiger charge is -2.43. The molecule has 136 valence electrons. The monoisotopic (exact) mass is 389 g/mol. The van der Waals surface area contributed by atoms with E-state index in [0.717, 1.165) is 19.3 Å². The number of nitrogens with zero attached hydrogens (tertiary/aromatic N) is 1. The van der Waals surface area contributed by atoms with Gasteiger partial charge in [0.1, 0.15) is 5.54 Å². The Kier molecular flexibility index (Phi) is 3.28. The minimum absolute atomic E-state index is 0.161. The van der Waals surface area contributed by atoms with Crippen LogP contribution in [0.3, 0.4) is 0 Å². The van der Waals surface area contributed by atoms with E-state index < -0.39 is 29.8 Å². The SMILES string of the molecule is O=S1(=O)c2ccccc2C2(N3CCCCC3)c3ccccc3S(=O)(=O)C21. The predicted octanol–water partition coefficient (Wildman–Crippen LogP) is 2.32. The Bertz CT molecular complexity index is 1040. The fourth-order valence-electron chi connectivity index (χ4n) is 5.04. The van der Waals surface area contributed by atoms with E-state index in [9.17, 15) is 16.8 Å². The molecule has 0 bridgehead atoms. The number of hydrogen-bond acceptors (Lipinski definition) is 5. The highest BCUT2D eigenvalue weighted by molar-refractivity contribution is 8.09. The number of hydrogen-bond donors (Lipinski definition) is 0. The van der Waals surface area contributed by atoms with Gasteiger partial charge in [0.25, 0.3) is 0 Å². The Morgan fingerprint density at radius 2 is 1.19 bits per heavy atom. The molecular formula is C19H19NO4S2. The molecule has 1 fully saturated rings. The third kappa shape index (κ3) is 1.74. The van der Waals surface area contributed by atoms with Gasteiger partial charge in [-0.2, -0.15) is 0 Å². The average molecular weight is 389 g/mol. The van der Waals surface area contributed by atoms with Crippen LogP contribution in [0, 0.1) is 0 Å². The van der Waals surface area contributed by atoms with Crippen molar-refractivity contribution >= 4 is 19.7 Å². The summed E-state index contributed by atoms with van der Waals surface area (Å²) in [5.41, 5.74) is 0.0894. The molecule has 2 aromatic carbocycles. The van der Waals surface area contributed by atoms with Gasteiger partial charge in [-0.1, -0.05) is 42.8 Å². The summed E-state index contributed by atoms with van der Waals surface area (Å²) in [5.74, 6) is 0. The largest absolute Gasteiger partial charge is 0.288 e. The van der Waals surface area contributed by atoms with Crippen molar-refractivity contribution in [3.05, 3.63) is 59.7 Å². The molecule has 7 heteroatoms. The summed E-state index contributed by atoms with van der Waals surface area (Å²) in [4.78, 5) is 2.43. The second-order valence-corrected chi connectivity index (χ2v) is 11.5. The van der Waals surface area contributed by atoms with Crippen molar-refractivity contribution in [2.24, 2.45) is 0 Å². The summed E-state index contributed by atoms with van der Waals surface area (Å²) >= 11 is 0. The molecule has 3 heterocycles. The zero-order chi connectivity index (χ0) is 18.2. The van der Waals surface area contributed by atoms with Gasteiger partial charge in [0, 0.05) is 0 Å². The predicted molar refractivity (Wildman–Crippen MR) is 97.2 cm³/mol. The van der Waals surface area contributed by atoms with Gasteiger partial charge in [0.15, 0.2) is 24.3 Å². The van der Waals surface area contributed by atoms with E-state index in [4.69, 9.17) is 0 Å². The molecule has 0 N–H and O–H groups in total. The first-order valence-corrected chi connectivity index (χ1v) is 11.9. The molecule has 5 nitrogen and oxygen atoms in total. The maximum Gasteiger partial charge on any atom is 0.198 e. The maximum absolute atomic E-state index is 13.4. The Balaban J connectivity index is 1.96. The summed E-state index contributed by atoms with van der Waals surface area (Å²) < 4.78 is 52.1. The highest BCUT2D eigenvalue weighted by Crippen LogP contribution is 2.60. The van der Waals surface area contributed by atoms with Gasteiger partial charge in [-0.15, -0.1) is 0 Å². The van der Waals surface area contributed by atoms with E-state index >= 15 is 0 Å². The molecule has 0 atom stereocenters. The van der Waals surface area contributed by atoms with Gasteiger partial charge >= 0.3 is 0 Å². The van der Waals surface area contributed by atoms with Crippen LogP contribution in [0.2, 0.25) is 0 Å². The smallest absolute Gasteiger partial charge is 0.198 e. The van der Waals surface area contributed by atoms with E-state index in [0.29, 0.717) is 24.2 Å². The number of fused-ring (bicyclic) bond motifs is 5. The second-order valence-electron chi connectivity index (χ2n) is 7.23. The maximum atomic E-state index is 13.4. The molecule has 0 unspecified atom stereocenters. The summed E-state index contributed by atoms with van der Waals surface area (Å²) in [5, 5.41) is 0.